The number of benzene rings is 2. The highest BCUT2D eigenvalue weighted by Crippen LogP contribution is 2.26. The third kappa shape index (κ3) is 4.23. The SMILES string of the molecule is COC1(C(=O)Nc2cccc(OCc3ccccc3C)c2)CCNCC1. The maximum Gasteiger partial charge on any atom is 0.256 e. The second-order valence-corrected chi connectivity index (χ2v) is 6.65. The molecule has 138 valence electrons. The number of amides is 1. The van der Waals surface area contributed by atoms with Crippen LogP contribution in [0.4, 0.5) is 5.69 Å². The van der Waals surface area contributed by atoms with Crippen molar-refractivity contribution in [2.24, 2.45) is 0 Å². The van der Waals surface area contributed by atoms with Crippen molar-refractivity contribution in [1.82, 2.24) is 5.32 Å². The number of carbonyl (C=O) groups is 1. The zero-order valence-corrected chi connectivity index (χ0v) is 15.4. The van der Waals surface area contributed by atoms with E-state index in [2.05, 4.69) is 29.7 Å². The Balaban J connectivity index is 1.65. The van der Waals surface area contributed by atoms with E-state index >= 15 is 0 Å². The summed E-state index contributed by atoms with van der Waals surface area (Å²) in [5.41, 5.74) is 2.30. The van der Waals surface area contributed by atoms with Gasteiger partial charge in [-0.3, -0.25) is 4.79 Å². The van der Waals surface area contributed by atoms with Crippen LogP contribution in [0.5, 0.6) is 5.75 Å². The Bertz CT molecular complexity index is 754. The summed E-state index contributed by atoms with van der Waals surface area (Å²) in [5.74, 6) is 0.625. The summed E-state index contributed by atoms with van der Waals surface area (Å²) in [6.45, 7) is 4.12. The number of rotatable bonds is 6. The maximum atomic E-state index is 12.8. The van der Waals surface area contributed by atoms with Gasteiger partial charge >= 0.3 is 0 Å². The zero-order chi connectivity index (χ0) is 18.4. The van der Waals surface area contributed by atoms with Crippen molar-refractivity contribution in [3.63, 3.8) is 0 Å². The van der Waals surface area contributed by atoms with Crippen LogP contribution >= 0.6 is 0 Å². The molecular formula is C21H26N2O3. The lowest BCUT2D eigenvalue weighted by Gasteiger charge is -2.34. The van der Waals surface area contributed by atoms with Crippen LogP contribution in [0.25, 0.3) is 0 Å². The minimum Gasteiger partial charge on any atom is -0.489 e. The molecule has 1 aliphatic heterocycles. The molecule has 0 atom stereocenters. The molecule has 0 saturated carbocycles. The largest absolute Gasteiger partial charge is 0.489 e. The first-order chi connectivity index (χ1) is 12.6. The van der Waals surface area contributed by atoms with Crippen molar-refractivity contribution in [3.05, 3.63) is 59.7 Å². The highest BCUT2D eigenvalue weighted by molar-refractivity contribution is 5.97. The van der Waals surface area contributed by atoms with Gasteiger partial charge in [0.15, 0.2) is 0 Å². The molecule has 0 aromatic heterocycles. The van der Waals surface area contributed by atoms with Crippen molar-refractivity contribution in [1.29, 1.82) is 0 Å². The lowest BCUT2D eigenvalue weighted by atomic mass is 9.91. The number of methoxy groups -OCH3 is 1. The van der Waals surface area contributed by atoms with Gasteiger partial charge in [0.2, 0.25) is 0 Å². The first-order valence-electron chi connectivity index (χ1n) is 8.98. The monoisotopic (exact) mass is 354 g/mol. The molecule has 3 rings (SSSR count). The molecule has 1 aliphatic rings. The van der Waals surface area contributed by atoms with Gasteiger partial charge in [-0.25, -0.2) is 0 Å². The Morgan fingerprint density at radius 2 is 1.92 bits per heavy atom. The molecule has 1 amide bonds. The predicted molar refractivity (Wildman–Crippen MR) is 102 cm³/mol. The summed E-state index contributed by atoms with van der Waals surface area (Å²) in [6, 6.07) is 15.6. The van der Waals surface area contributed by atoms with Gasteiger partial charge in [-0.1, -0.05) is 30.3 Å². The average molecular weight is 354 g/mol. The van der Waals surface area contributed by atoms with E-state index in [9.17, 15) is 4.79 Å². The van der Waals surface area contributed by atoms with Gasteiger partial charge in [0.05, 0.1) is 0 Å². The lowest BCUT2D eigenvalue weighted by molar-refractivity contribution is -0.140. The quantitative estimate of drug-likeness (QED) is 0.836. The van der Waals surface area contributed by atoms with Gasteiger partial charge in [0.25, 0.3) is 5.91 Å². The summed E-state index contributed by atoms with van der Waals surface area (Å²) in [5, 5.41) is 6.24. The molecule has 2 N–H and O–H groups in total. The van der Waals surface area contributed by atoms with Gasteiger partial charge in [-0.15, -0.1) is 0 Å². The lowest BCUT2D eigenvalue weighted by Crippen LogP contribution is -2.51. The van der Waals surface area contributed by atoms with Crippen LogP contribution < -0.4 is 15.4 Å². The van der Waals surface area contributed by atoms with E-state index in [0.29, 0.717) is 25.1 Å². The van der Waals surface area contributed by atoms with Crippen LogP contribution in [-0.4, -0.2) is 31.7 Å². The highest BCUT2D eigenvalue weighted by atomic mass is 16.5. The van der Waals surface area contributed by atoms with Crippen LogP contribution in [0.1, 0.15) is 24.0 Å². The fourth-order valence-corrected chi connectivity index (χ4v) is 3.20. The van der Waals surface area contributed by atoms with E-state index in [1.807, 2.05) is 36.4 Å². The zero-order valence-electron chi connectivity index (χ0n) is 15.4. The van der Waals surface area contributed by atoms with Crippen molar-refractivity contribution in [3.8, 4) is 5.75 Å². The molecule has 2 aromatic carbocycles. The molecule has 1 fully saturated rings. The summed E-state index contributed by atoms with van der Waals surface area (Å²) in [4.78, 5) is 12.8. The van der Waals surface area contributed by atoms with E-state index in [0.717, 1.165) is 24.4 Å². The van der Waals surface area contributed by atoms with Crippen LogP contribution in [0.3, 0.4) is 0 Å². The third-order valence-electron chi connectivity index (χ3n) is 4.96. The van der Waals surface area contributed by atoms with Crippen LogP contribution in [0.2, 0.25) is 0 Å². The van der Waals surface area contributed by atoms with E-state index in [4.69, 9.17) is 9.47 Å². The predicted octanol–water partition coefficient (Wildman–Crippen LogP) is 3.28. The summed E-state index contributed by atoms with van der Waals surface area (Å²) in [6.07, 6.45) is 1.33. The minimum atomic E-state index is -0.761. The fraction of sp³-hybridized carbons (Fsp3) is 0.381. The number of hydrogen-bond acceptors (Lipinski definition) is 4. The molecule has 1 heterocycles. The summed E-state index contributed by atoms with van der Waals surface area (Å²) < 4.78 is 11.5. The molecule has 26 heavy (non-hydrogen) atoms. The Hall–Kier alpha value is -2.37. The number of ether oxygens (including phenoxy) is 2. The van der Waals surface area contributed by atoms with E-state index in [1.54, 1.807) is 7.11 Å². The van der Waals surface area contributed by atoms with Crippen molar-refractivity contribution in [2.45, 2.75) is 32.0 Å². The van der Waals surface area contributed by atoms with E-state index in [-0.39, 0.29) is 5.91 Å². The number of nitrogens with one attached hydrogen (secondary N) is 2. The molecule has 0 radical (unpaired) electrons. The number of carbonyl (C=O) groups excluding carboxylic acids is 1. The molecule has 5 heteroatoms. The molecule has 0 unspecified atom stereocenters. The average Bonchev–Trinajstić information content (AvgIpc) is 2.68. The van der Waals surface area contributed by atoms with Crippen molar-refractivity contribution >= 4 is 11.6 Å². The normalized spacial score (nSPS) is 16.1. The molecule has 1 saturated heterocycles. The molecular weight excluding hydrogens is 328 g/mol. The van der Waals surface area contributed by atoms with Crippen molar-refractivity contribution < 1.29 is 14.3 Å². The van der Waals surface area contributed by atoms with Gasteiger partial charge < -0.3 is 20.1 Å². The van der Waals surface area contributed by atoms with Crippen molar-refractivity contribution in [2.75, 3.05) is 25.5 Å². The summed E-state index contributed by atoms with van der Waals surface area (Å²) >= 11 is 0. The van der Waals surface area contributed by atoms with Gasteiger partial charge in [-0.05, 0) is 56.1 Å². The topological polar surface area (TPSA) is 59.6 Å². The van der Waals surface area contributed by atoms with Gasteiger partial charge in [0, 0.05) is 18.9 Å². The van der Waals surface area contributed by atoms with Gasteiger partial charge in [0.1, 0.15) is 18.0 Å². The molecule has 0 aliphatic carbocycles. The highest BCUT2D eigenvalue weighted by Gasteiger charge is 2.39. The van der Waals surface area contributed by atoms with Crippen LogP contribution in [0, 0.1) is 6.92 Å². The Labute approximate surface area is 154 Å². The number of anilines is 1. The van der Waals surface area contributed by atoms with Gasteiger partial charge in [-0.2, -0.15) is 0 Å². The summed E-state index contributed by atoms with van der Waals surface area (Å²) in [7, 11) is 1.60. The molecule has 5 nitrogen and oxygen atoms in total. The van der Waals surface area contributed by atoms with E-state index in [1.165, 1.54) is 5.56 Å². The number of hydrogen-bond donors (Lipinski definition) is 2. The smallest absolute Gasteiger partial charge is 0.256 e. The Morgan fingerprint density at radius 1 is 1.15 bits per heavy atom. The second-order valence-electron chi connectivity index (χ2n) is 6.65. The Kier molecular flexibility index (Phi) is 5.91. The van der Waals surface area contributed by atoms with Crippen LogP contribution in [-0.2, 0) is 16.1 Å². The third-order valence-corrected chi connectivity index (χ3v) is 4.96. The first-order valence-corrected chi connectivity index (χ1v) is 8.98. The minimum absolute atomic E-state index is 0.0995. The Morgan fingerprint density at radius 3 is 2.65 bits per heavy atom. The fourth-order valence-electron chi connectivity index (χ4n) is 3.20. The molecule has 0 spiro atoms. The van der Waals surface area contributed by atoms with E-state index < -0.39 is 5.60 Å². The first kappa shape index (κ1) is 18.4. The number of piperidine rings is 1. The maximum absolute atomic E-state index is 12.8. The standard InChI is InChI=1S/C21H26N2O3/c1-16-6-3-4-7-17(16)15-26-19-9-5-8-18(14-19)23-20(24)21(25-2)10-12-22-13-11-21/h3-9,14,22H,10-13,15H2,1-2H3,(H,23,24). The molecule has 0 bridgehead atoms. The second kappa shape index (κ2) is 8.34. The van der Waals surface area contributed by atoms with Crippen LogP contribution in [0.15, 0.2) is 48.5 Å². The molecule has 2 aromatic rings. The number of aryl methyl sites for hydroxylation is 1.